The Labute approximate surface area is 365 Å². The molecule has 4 aromatic heterocycles. The number of aromatic nitrogens is 6. The van der Waals surface area contributed by atoms with Crippen LogP contribution in [0, 0.1) is 48.1 Å². The Bertz CT molecular complexity index is 2610. The van der Waals surface area contributed by atoms with Crippen molar-refractivity contribution in [1.82, 2.24) is 29.9 Å². The van der Waals surface area contributed by atoms with Crippen LogP contribution in [-0.4, -0.2) is 67.3 Å². The van der Waals surface area contributed by atoms with Gasteiger partial charge in [0, 0.05) is 59.4 Å². The second-order valence-electron chi connectivity index (χ2n) is 18.0. The highest BCUT2D eigenvalue weighted by Gasteiger charge is 2.31. The summed E-state index contributed by atoms with van der Waals surface area (Å²) < 4.78 is 45.9. The summed E-state index contributed by atoms with van der Waals surface area (Å²) in [6, 6.07) is 13.7. The van der Waals surface area contributed by atoms with Gasteiger partial charge in [-0.15, -0.1) is 0 Å². The fourth-order valence-corrected chi connectivity index (χ4v) is 6.94. The molecule has 0 aliphatic heterocycles. The van der Waals surface area contributed by atoms with Crippen LogP contribution in [0.4, 0.5) is 8.78 Å². The predicted octanol–water partition coefficient (Wildman–Crippen LogP) is 10.1. The van der Waals surface area contributed by atoms with Crippen molar-refractivity contribution < 1.29 is 37.7 Å². The molecule has 6 aromatic rings. The second kappa shape index (κ2) is 18.5. The summed E-state index contributed by atoms with van der Waals surface area (Å²) in [5.41, 5.74) is 5.95. The molecule has 2 aliphatic carbocycles. The number of methoxy groups -OCH3 is 1. The van der Waals surface area contributed by atoms with E-state index in [0.717, 1.165) is 63.9 Å². The molecule has 0 unspecified atom stereocenters. The third-order valence-electron chi connectivity index (χ3n) is 11.4. The van der Waals surface area contributed by atoms with Crippen LogP contribution >= 0.6 is 0 Å². The first-order valence-corrected chi connectivity index (χ1v) is 21.2. The van der Waals surface area contributed by atoms with Gasteiger partial charge in [0.25, 0.3) is 0 Å². The number of halogens is 2. The average molecular weight is 861 g/mol. The number of pyridine rings is 2. The van der Waals surface area contributed by atoms with Crippen LogP contribution in [0.3, 0.4) is 0 Å². The number of ether oxygens (including phenoxy) is 3. The van der Waals surface area contributed by atoms with Gasteiger partial charge < -0.3 is 29.3 Å². The first-order chi connectivity index (χ1) is 30.0. The molecular weight excluding hydrogens is 807 g/mol. The van der Waals surface area contributed by atoms with E-state index in [2.05, 4.69) is 29.9 Å². The van der Waals surface area contributed by atoms with Gasteiger partial charge in [0.1, 0.15) is 36.5 Å². The Kier molecular flexibility index (Phi) is 13.1. The summed E-state index contributed by atoms with van der Waals surface area (Å²) in [6.45, 7) is 10.6. The van der Waals surface area contributed by atoms with Crippen molar-refractivity contribution >= 4 is 11.9 Å². The van der Waals surface area contributed by atoms with Gasteiger partial charge >= 0.3 is 11.9 Å². The Balaban J connectivity index is 0.000000189. The van der Waals surface area contributed by atoms with Gasteiger partial charge in [0.05, 0.1) is 29.1 Å². The Morgan fingerprint density at radius 2 is 1.08 bits per heavy atom. The lowest BCUT2D eigenvalue weighted by Crippen LogP contribution is -2.32. The number of carbonyl (C=O) groups excluding carboxylic acids is 1. The highest BCUT2D eigenvalue weighted by atomic mass is 19.1. The summed E-state index contributed by atoms with van der Waals surface area (Å²) in [5, 5.41) is 9.20. The number of imidazole rings is 2. The van der Waals surface area contributed by atoms with Gasteiger partial charge in [-0.05, 0) is 138 Å². The van der Waals surface area contributed by atoms with Gasteiger partial charge in [-0.2, -0.15) is 0 Å². The normalized spacial score (nSPS) is 13.9. The highest BCUT2D eigenvalue weighted by molar-refractivity contribution is 5.76. The number of esters is 1. The quantitative estimate of drug-likeness (QED) is 0.0798. The molecule has 0 spiro atoms. The third kappa shape index (κ3) is 11.1. The lowest BCUT2D eigenvalue weighted by atomic mass is 9.95. The van der Waals surface area contributed by atoms with E-state index in [4.69, 9.17) is 14.2 Å². The molecular formula is C49H54F2N6O6. The molecule has 12 nitrogen and oxygen atoms in total. The van der Waals surface area contributed by atoms with Crippen LogP contribution in [0.25, 0.3) is 45.0 Å². The maximum Gasteiger partial charge on any atom is 0.314 e. The summed E-state index contributed by atoms with van der Waals surface area (Å²) in [6.07, 6.45) is 13.8. The van der Waals surface area contributed by atoms with Gasteiger partial charge in [-0.25, -0.2) is 28.7 Å². The number of benzene rings is 2. The molecule has 14 heteroatoms. The van der Waals surface area contributed by atoms with Gasteiger partial charge in [0.15, 0.2) is 0 Å². The smallest absolute Gasteiger partial charge is 0.314 e. The molecule has 0 saturated heterocycles. The number of carboxylic acid groups (broad SMARTS) is 1. The first kappa shape index (κ1) is 44.6. The maximum atomic E-state index is 14.9. The zero-order valence-electron chi connectivity index (χ0n) is 36.8. The van der Waals surface area contributed by atoms with Crippen LogP contribution in [0.5, 0.6) is 11.8 Å². The van der Waals surface area contributed by atoms with Crippen molar-refractivity contribution in [1.29, 1.82) is 0 Å². The Morgan fingerprint density at radius 3 is 1.44 bits per heavy atom. The Hall–Kier alpha value is -6.44. The van der Waals surface area contributed by atoms with E-state index in [0.29, 0.717) is 40.1 Å². The van der Waals surface area contributed by atoms with E-state index in [1.54, 1.807) is 76.7 Å². The number of carboxylic acids is 1. The monoisotopic (exact) mass is 860 g/mol. The van der Waals surface area contributed by atoms with Crippen molar-refractivity contribution in [3.05, 3.63) is 107 Å². The molecule has 4 heterocycles. The van der Waals surface area contributed by atoms with Crippen molar-refractivity contribution in [2.45, 2.75) is 80.1 Å². The fraction of sp³-hybridized carbons (Fsp3) is 0.388. The van der Waals surface area contributed by atoms with Crippen LogP contribution in [-0.2, 0) is 27.2 Å². The van der Waals surface area contributed by atoms with Crippen LogP contribution < -0.4 is 9.47 Å². The zero-order chi connectivity index (χ0) is 45.1. The lowest BCUT2D eigenvalue weighted by molar-refractivity contribution is -0.152. The lowest BCUT2D eigenvalue weighted by Gasteiger charge is -2.21. The van der Waals surface area contributed by atoms with Crippen LogP contribution in [0.1, 0.15) is 75.9 Å². The number of hydrogen-bond acceptors (Lipinski definition) is 9. The molecule has 8 rings (SSSR count). The molecule has 2 saturated carbocycles. The molecule has 2 aliphatic rings. The Morgan fingerprint density at radius 1 is 0.651 bits per heavy atom. The number of hydrogen-bond donors (Lipinski definition) is 3. The zero-order valence-corrected chi connectivity index (χ0v) is 36.8. The van der Waals surface area contributed by atoms with Crippen LogP contribution in [0.2, 0.25) is 0 Å². The van der Waals surface area contributed by atoms with Gasteiger partial charge in [-0.3, -0.25) is 9.59 Å². The topological polar surface area (TPSA) is 165 Å². The van der Waals surface area contributed by atoms with E-state index in [-0.39, 0.29) is 30.8 Å². The van der Waals surface area contributed by atoms with E-state index in [1.165, 1.54) is 44.9 Å². The van der Waals surface area contributed by atoms with E-state index in [1.807, 2.05) is 26.0 Å². The summed E-state index contributed by atoms with van der Waals surface area (Å²) in [7, 11) is 1.35. The third-order valence-corrected chi connectivity index (χ3v) is 11.4. The number of H-pyrrole nitrogens is 2. The molecule has 0 radical (unpaired) electrons. The summed E-state index contributed by atoms with van der Waals surface area (Å²) in [4.78, 5) is 46.8. The molecule has 3 N–H and O–H groups in total. The molecule has 330 valence electrons. The van der Waals surface area contributed by atoms with E-state index >= 15 is 0 Å². The van der Waals surface area contributed by atoms with Crippen molar-refractivity contribution in [3.63, 3.8) is 0 Å². The van der Waals surface area contributed by atoms with E-state index in [9.17, 15) is 23.5 Å². The van der Waals surface area contributed by atoms with Gasteiger partial charge in [0.2, 0.25) is 11.8 Å². The summed E-state index contributed by atoms with van der Waals surface area (Å²) in [5.74, 6) is 1.33. The molecule has 2 fully saturated rings. The molecule has 63 heavy (non-hydrogen) atoms. The van der Waals surface area contributed by atoms with Crippen molar-refractivity contribution in [2.24, 2.45) is 22.7 Å². The van der Waals surface area contributed by atoms with Crippen molar-refractivity contribution in [2.75, 3.05) is 20.3 Å². The predicted molar refractivity (Wildman–Crippen MR) is 235 cm³/mol. The van der Waals surface area contributed by atoms with E-state index < -0.39 is 16.8 Å². The minimum absolute atomic E-state index is 0.00330. The first-order valence-electron chi connectivity index (χ1n) is 21.2. The minimum Gasteiger partial charge on any atom is -0.481 e. The largest absolute Gasteiger partial charge is 0.481 e. The van der Waals surface area contributed by atoms with Gasteiger partial charge in [-0.1, -0.05) is 12.1 Å². The number of nitrogens with zero attached hydrogens (tertiary/aromatic N) is 4. The number of aliphatic carboxylic acids is 1. The minimum atomic E-state index is -1.02. The van der Waals surface area contributed by atoms with Crippen molar-refractivity contribution in [3.8, 4) is 56.8 Å². The number of rotatable bonds is 16. The number of aromatic amines is 2. The second-order valence-corrected chi connectivity index (χ2v) is 18.0. The van der Waals surface area contributed by atoms with Crippen LogP contribution in [0.15, 0.2) is 73.3 Å². The molecule has 2 aromatic carbocycles. The number of aryl methyl sites for hydroxylation is 2. The average Bonchev–Trinajstić information content (AvgIpc) is 4.16. The maximum absolute atomic E-state index is 14.9. The standard InChI is InChI=1S/C25H28FN3O3.C24H26FN3O3/c1-15-9-22(32-14-25(2,3)24(30)31-4)27-13-20(15)17-7-8-19(21(26)11-17)23-28-12-18(29-23)10-16-5-6-16;1-14-8-21(31-13-24(2,3)23(29)30)26-12-19(14)16-6-7-18(20(25)10-16)22-27-11-17(28-22)9-15-4-5-15/h7-9,11-13,16H,5-6,10,14H2,1-4H3,(H,28,29);6-8,10-12,15H,4-5,9,13H2,1-3H3,(H,27,28)(H,29,30). The molecule has 0 bridgehead atoms. The number of nitrogens with one attached hydrogen (secondary N) is 2. The summed E-state index contributed by atoms with van der Waals surface area (Å²) >= 11 is 0. The molecule has 0 atom stereocenters. The SMILES string of the molecule is COC(=O)C(C)(C)COc1cc(C)c(-c2ccc(-c3ncc(CC4CC4)[nH]3)c(F)c2)cn1.Cc1cc(OCC(C)(C)C(=O)O)ncc1-c1ccc(-c2ncc(CC3CC3)[nH]2)c(F)c1. The molecule has 0 amide bonds. The fourth-order valence-electron chi connectivity index (χ4n) is 6.94. The number of carbonyl (C=O) groups is 2. The highest BCUT2D eigenvalue weighted by Crippen LogP contribution is 2.35.